The summed E-state index contributed by atoms with van der Waals surface area (Å²) >= 11 is 1.27. The Morgan fingerprint density at radius 1 is 1.19 bits per heavy atom. The lowest BCUT2D eigenvalue weighted by molar-refractivity contribution is -0.384. The van der Waals surface area contributed by atoms with Crippen molar-refractivity contribution in [2.75, 3.05) is 5.43 Å². The molecule has 0 saturated carbocycles. The number of carbonyl (C=O) groups is 1. The zero-order chi connectivity index (χ0) is 19.3. The van der Waals surface area contributed by atoms with E-state index in [0.29, 0.717) is 12.1 Å². The first-order valence-corrected chi connectivity index (χ1v) is 8.19. The molecular weight excluding hydrogens is 371 g/mol. The number of thioether (sulfide) groups is 1. The number of nitro benzene ring substituents is 1. The van der Waals surface area contributed by atoms with Crippen LogP contribution in [0.4, 0.5) is 24.5 Å². The van der Waals surface area contributed by atoms with Gasteiger partial charge in [0.25, 0.3) is 11.6 Å². The minimum absolute atomic E-state index is 0.242. The quantitative estimate of drug-likeness (QED) is 0.441. The summed E-state index contributed by atoms with van der Waals surface area (Å²) < 4.78 is 38.0. The fourth-order valence-electron chi connectivity index (χ4n) is 1.95. The second-order valence-corrected chi connectivity index (χ2v) is 6.59. The number of hydrazine groups is 1. The molecule has 0 fully saturated rings. The van der Waals surface area contributed by atoms with Crippen molar-refractivity contribution in [3.05, 3.63) is 64.2 Å². The number of benzene rings is 2. The molecule has 1 atom stereocenters. The maximum absolute atomic E-state index is 12.7. The number of amides is 1. The fourth-order valence-corrected chi connectivity index (χ4v) is 2.84. The van der Waals surface area contributed by atoms with Crippen LogP contribution < -0.4 is 10.9 Å². The molecule has 0 aliphatic rings. The van der Waals surface area contributed by atoms with Gasteiger partial charge in [-0.2, -0.15) is 13.2 Å². The molecule has 138 valence electrons. The van der Waals surface area contributed by atoms with Gasteiger partial charge >= 0.3 is 6.18 Å². The molecule has 2 aromatic carbocycles. The van der Waals surface area contributed by atoms with Gasteiger partial charge in [0.15, 0.2) is 0 Å². The second-order valence-electron chi connectivity index (χ2n) is 5.17. The number of nitrogens with one attached hydrogen (secondary N) is 2. The third kappa shape index (κ3) is 5.12. The summed E-state index contributed by atoms with van der Waals surface area (Å²) in [5.74, 6) is -0.479. The average molecular weight is 385 g/mol. The van der Waals surface area contributed by atoms with Gasteiger partial charge in [0, 0.05) is 11.0 Å². The van der Waals surface area contributed by atoms with E-state index in [1.54, 1.807) is 6.92 Å². The van der Waals surface area contributed by atoms with Gasteiger partial charge in [-0.15, -0.1) is 11.8 Å². The predicted molar refractivity (Wildman–Crippen MR) is 91.6 cm³/mol. The fraction of sp³-hybridized carbons (Fsp3) is 0.188. The van der Waals surface area contributed by atoms with E-state index in [1.165, 1.54) is 11.8 Å². The van der Waals surface area contributed by atoms with Crippen molar-refractivity contribution >= 4 is 29.0 Å². The summed E-state index contributed by atoms with van der Waals surface area (Å²) in [5.41, 5.74) is 2.42. The largest absolute Gasteiger partial charge is 0.416 e. The maximum atomic E-state index is 12.7. The highest BCUT2D eigenvalue weighted by molar-refractivity contribution is 8.00. The first kappa shape index (κ1) is 19.6. The maximum Gasteiger partial charge on any atom is 0.416 e. The first-order chi connectivity index (χ1) is 12.2. The molecule has 6 nitrogen and oxygen atoms in total. The summed E-state index contributed by atoms with van der Waals surface area (Å²) in [6.07, 6.45) is -4.70. The molecule has 0 heterocycles. The van der Waals surface area contributed by atoms with Gasteiger partial charge < -0.3 is 0 Å². The normalized spacial score (nSPS) is 12.3. The molecule has 0 aliphatic carbocycles. The number of hydrogen-bond acceptors (Lipinski definition) is 5. The summed E-state index contributed by atoms with van der Waals surface area (Å²) in [7, 11) is 0. The predicted octanol–water partition coefficient (Wildman–Crippen LogP) is 4.24. The van der Waals surface area contributed by atoms with Crippen LogP contribution in [0.15, 0.2) is 53.4 Å². The van der Waals surface area contributed by atoms with Crippen molar-refractivity contribution in [1.29, 1.82) is 0 Å². The van der Waals surface area contributed by atoms with Crippen molar-refractivity contribution in [2.45, 2.75) is 23.2 Å². The van der Waals surface area contributed by atoms with Gasteiger partial charge in [-0.25, -0.2) is 0 Å². The Hall–Kier alpha value is -2.75. The Bertz CT molecular complexity index is 800. The second kappa shape index (κ2) is 8.09. The van der Waals surface area contributed by atoms with E-state index in [1.807, 2.05) is 30.3 Å². The third-order valence-corrected chi connectivity index (χ3v) is 4.38. The molecule has 2 N–H and O–H groups in total. The Balaban J connectivity index is 2.06. The minimum Gasteiger partial charge on any atom is -0.292 e. The van der Waals surface area contributed by atoms with E-state index in [-0.39, 0.29) is 5.69 Å². The van der Waals surface area contributed by atoms with Crippen molar-refractivity contribution in [2.24, 2.45) is 0 Å². The number of nitro groups is 1. The van der Waals surface area contributed by atoms with E-state index in [2.05, 4.69) is 10.9 Å². The third-order valence-electron chi connectivity index (χ3n) is 3.27. The number of carbonyl (C=O) groups excluding carboxylic acids is 1. The van der Waals surface area contributed by atoms with Crippen LogP contribution in [0.5, 0.6) is 0 Å². The number of anilines is 1. The lowest BCUT2D eigenvalue weighted by Crippen LogP contribution is -2.35. The molecule has 1 amide bonds. The minimum atomic E-state index is -4.70. The van der Waals surface area contributed by atoms with Crippen molar-refractivity contribution in [3.63, 3.8) is 0 Å². The molecular formula is C16H14F3N3O3S. The molecule has 0 radical (unpaired) electrons. The molecule has 0 bridgehead atoms. The average Bonchev–Trinajstić information content (AvgIpc) is 2.59. The van der Waals surface area contributed by atoms with E-state index in [0.717, 1.165) is 11.0 Å². The van der Waals surface area contributed by atoms with Crippen LogP contribution in [0.3, 0.4) is 0 Å². The SMILES string of the molecule is CC(Sc1ccccc1)C(=O)NNc1ccc(C(F)(F)F)cc1[N+](=O)[O-]. The lowest BCUT2D eigenvalue weighted by Gasteiger charge is -2.14. The topological polar surface area (TPSA) is 84.3 Å². The van der Waals surface area contributed by atoms with E-state index in [9.17, 15) is 28.1 Å². The number of alkyl halides is 3. The van der Waals surface area contributed by atoms with Crippen LogP contribution >= 0.6 is 11.8 Å². The lowest BCUT2D eigenvalue weighted by atomic mass is 10.1. The molecule has 2 aromatic rings. The van der Waals surface area contributed by atoms with Crippen LogP contribution in [-0.4, -0.2) is 16.1 Å². The monoisotopic (exact) mass is 385 g/mol. The number of rotatable bonds is 6. The molecule has 1 unspecified atom stereocenters. The number of halogens is 3. The smallest absolute Gasteiger partial charge is 0.292 e. The first-order valence-electron chi connectivity index (χ1n) is 7.31. The zero-order valence-corrected chi connectivity index (χ0v) is 14.2. The van der Waals surface area contributed by atoms with Crippen LogP contribution in [0.2, 0.25) is 0 Å². The number of nitrogens with zero attached hydrogens (tertiary/aromatic N) is 1. The Morgan fingerprint density at radius 2 is 1.85 bits per heavy atom. The van der Waals surface area contributed by atoms with Crippen LogP contribution in [0, 0.1) is 10.1 Å². The summed E-state index contributed by atoms with van der Waals surface area (Å²) in [6, 6.07) is 11.1. The Kier molecular flexibility index (Phi) is 6.09. The van der Waals surface area contributed by atoms with Crippen molar-refractivity contribution in [1.82, 2.24) is 5.43 Å². The van der Waals surface area contributed by atoms with Gasteiger partial charge in [0.2, 0.25) is 0 Å². The van der Waals surface area contributed by atoms with Gasteiger partial charge in [-0.05, 0) is 31.2 Å². The summed E-state index contributed by atoms with van der Waals surface area (Å²) in [4.78, 5) is 23.0. The summed E-state index contributed by atoms with van der Waals surface area (Å²) in [6.45, 7) is 1.63. The van der Waals surface area contributed by atoms with Gasteiger partial charge in [-0.1, -0.05) is 18.2 Å². The van der Waals surface area contributed by atoms with Gasteiger partial charge in [0.05, 0.1) is 15.7 Å². The zero-order valence-electron chi connectivity index (χ0n) is 13.4. The van der Waals surface area contributed by atoms with E-state index >= 15 is 0 Å². The molecule has 0 spiro atoms. The van der Waals surface area contributed by atoms with Crippen LogP contribution in [-0.2, 0) is 11.0 Å². The molecule has 10 heteroatoms. The highest BCUT2D eigenvalue weighted by Gasteiger charge is 2.33. The molecule has 2 rings (SSSR count). The molecule has 26 heavy (non-hydrogen) atoms. The highest BCUT2D eigenvalue weighted by atomic mass is 32.2. The van der Waals surface area contributed by atoms with Gasteiger partial charge in [0.1, 0.15) is 5.69 Å². The Labute approximate surface area is 150 Å². The van der Waals surface area contributed by atoms with E-state index in [4.69, 9.17) is 0 Å². The van der Waals surface area contributed by atoms with Crippen molar-refractivity contribution in [3.8, 4) is 0 Å². The molecule has 0 aliphatic heterocycles. The highest BCUT2D eigenvalue weighted by Crippen LogP contribution is 2.34. The molecule has 0 saturated heterocycles. The van der Waals surface area contributed by atoms with Crippen molar-refractivity contribution < 1.29 is 22.9 Å². The van der Waals surface area contributed by atoms with Crippen LogP contribution in [0.1, 0.15) is 12.5 Å². The van der Waals surface area contributed by atoms with Crippen LogP contribution in [0.25, 0.3) is 0 Å². The summed E-state index contributed by atoms with van der Waals surface area (Å²) in [5, 5.41) is 10.5. The van der Waals surface area contributed by atoms with Gasteiger partial charge in [-0.3, -0.25) is 25.8 Å². The standard InChI is InChI=1S/C16H14F3N3O3S/c1-10(26-12-5-3-2-4-6-12)15(23)21-20-13-8-7-11(16(17,18)19)9-14(13)22(24)25/h2-10,20H,1H3,(H,21,23). The Morgan fingerprint density at radius 3 is 2.42 bits per heavy atom. The number of hydrogen-bond donors (Lipinski definition) is 2. The molecule has 0 aromatic heterocycles. The van der Waals surface area contributed by atoms with E-state index < -0.39 is 33.5 Å².